The maximum absolute atomic E-state index is 12.0. The molecule has 1 aromatic heterocycles. The van der Waals surface area contributed by atoms with Crippen LogP contribution in [0, 0.1) is 0 Å². The quantitative estimate of drug-likeness (QED) is 0.427. The monoisotopic (exact) mass is 467 g/mol. The number of aromatic nitrogens is 2. The van der Waals surface area contributed by atoms with E-state index in [0.29, 0.717) is 29.5 Å². The average molecular weight is 468 g/mol. The zero-order chi connectivity index (χ0) is 24.4. The number of methoxy groups -OCH3 is 2. The molecule has 0 amide bonds. The Kier molecular flexibility index (Phi) is 6.06. The van der Waals surface area contributed by atoms with Crippen LogP contribution in [0.15, 0.2) is 79.0 Å². The van der Waals surface area contributed by atoms with Gasteiger partial charge in [0.15, 0.2) is 0 Å². The SMILES string of the molecule is COc1ccc(-c2nc(N3CCc4ccccc4[C@@H]3c3cccc(OC)c3)ncc2C(=O)O)cc1. The number of ether oxygens (including phenoxy) is 2. The highest BCUT2D eigenvalue weighted by Crippen LogP contribution is 2.38. The summed E-state index contributed by atoms with van der Waals surface area (Å²) in [6, 6.07) is 23.4. The molecule has 0 unspecified atom stereocenters. The van der Waals surface area contributed by atoms with Crippen molar-refractivity contribution in [3.8, 4) is 22.8 Å². The molecule has 0 saturated heterocycles. The molecule has 0 aliphatic carbocycles. The summed E-state index contributed by atoms with van der Waals surface area (Å²) >= 11 is 0. The molecule has 1 aliphatic rings. The molecule has 1 N–H and O–H groups in total. The minimum atomic E-state index is -1.07. The van der Waals surface area contributed by atoms with E-state index >= 15 is 0 Å². The predicted octanol–water partition coefficient (Wildman–Crippen LogP) is 5.01. The minimum absolute atomic E-state index is 0.0502. The van der Waals surface area contributed by atoms with Gasteiger partial charge in [-0.15, -0.1) is 0 Å². The van der Waals surface area contributed by atoms with Crippen molar-refractivity contribution in [3.05, 3.63) is 101 Å². The normalized spacial score (nSPS) is 14.8. The first-order valence-electron chi connectivity index (χ1n) is 11.3. The third-order valence-corrected chi connectivity index (χ3v) is 6.32. The van der Waals surface area contributed by atoms with E-state index in [-0.39, 0.29) is 11.6 Å². The van der Waals surface area contributed by atoms with Crippen molar-refractivity contribution in [3.63, 3.8) is 0 Å². The number of nitrogens with zero attached hydrogens (tertiary/aromatic N) is 3. The summed E-state index contributed by atoms with van der Waals surface area (Å²) in [5, 5.41) is 9.81. The summed E-state index contributed by atoms with van der Waals surface area (Å²) < 4.78 is 10.7. The van der Waals surface area contributed by atoms with Gasteiger partial charge >= 0.3 is 5.97 Å². The lowest BCUT2D eigenvalue weighted by atomic mass is 9.88. The largest absolute Gasteiger partial charge is 0.497 e. The van der Waals surface area contributed by atoms with Crippen LogP contribution in [0.5, 0.6) is 11.5 Å². The van der Waals surface area contributed by atoms with Crippen molar-refractivity contribution in [1.82, 2.24) is 9.97 Å². The highest BCUT2D eigenvalue weighted by Gasteiger charge is 2.31. The number of hydrogen-bond acceptors (Lipinski definition) is 6. The Morgan fingerprint density at radius 3 is 2.49 bits per heavy atom. The van der Waals surface area contributed by atoms with Crippen molar-refractivity contribution in [2.24, 2.45) is 0 Å². The maximum Gasteiger partial charge on any atom is 0.339 e. The van der Waals surface area contributed by atoms with E-state index in [9.17, 15) is 9.90 Å². The first-order valence-corrected chi connectivity index (χ1v) is 11.3. The Bertz CT molecular complexity index is 1370. The summed E-state index contributed by atoms with van der Waals surface area (Å²) in [6.07, 6.45) is 2.23. The fraction of sp³-hybridized carbons (Fsp3) is 0.179. The van der Waals surface area contributed by atoms with Crippen LogP contribution in [0.2, 0.25) is 0 Å². The number of carboxylic acids is 1. The molecule has 3 aromatic carbocycles. The van der Waals surface area contributed by atoms with Crippen LogP contribution < -0.4 is 14.4 Å². The van der Waals surface area contributed by atoms with E-state index in [2.05, 4.69) is 34.1 Å². The van der Waals surface area contributed by atoms with Gasteiger partial charge in [0.1, 0.15) is 17.1 Å². The van der Waals surface area contributed by atoms with Gasteiger partial charge in [0, 0.05) is 18.3 Å². The van der Waals surface area contributed by atoms with E-state index in [1.165, 1.54) is 17.3 Å². The van der Waals surface area contributed by atoms with Crippen molar-refractivity contribution in [2.75, 3.05) is 25.7 Å². The Labute approximate surface area is 203 Å². The summed E-state index contributed by atoms with van der Waals surface area (Å²) in [5.74, 6) is 0.857. The standard InChI is InChI=1S/C28H25N3O4/c1-34-21-12-10-19(11-13-21)25-24(27(32)33)17-29-28(30-25)31-15-14-18-6-3-4-9-23(18)26(31)20-7-5-8-22(16-20)35-2/h3-13,16-17,26H,14-15H2,1-2H3,(H,32,33)/t26-/m0/s1. The summed E-state index contributed by atoms with van der Waals surface area (Å²) in [4.78, 5) is 23.4. The molecule has 0 bridgehead atoms. The van der Waals surface area contributed by atoms with Crippen LogP contribution in [0.1, 0.15) is 33.1 Å². The zero-order valence-electron chi connectivity index (χ0n) is 19.5. The molecule has 1 aliphatic heterocycles. The molecule has 0 radical (unpaired) electrons. The number of fused-ring (bicyclic) bond motifs is 1. The molecular weight excluding hydrogens is 442 g/mol. The van der Waals surface area contributed by atoms with Crippen LogP contribution in [0.4, 0.5) is 5.95 Å². The number of rotatable bonds is 6. The third kappa shape index (κ3) is 4.28. The molecular formula is C28H25N3O4. The van der Waals surface area contributed by atoms with E-state index in [4.69, 9.17) is 14.5 Å². The van der Waals surface area contributed by atoms with Crippen molar-refractivity contribution in [1.29, 1.82) is 0 Å². The number of carboxylic acid groups (broad SMARTS) is 1. The van der Waals surface area contributed by atoms with Crippen LogP contribution >= 0.6 is 0 Å². The number of anilines is 1. The summed E-state index contributed by atoms with van der Waals surface area (Å²) in [7, 11) is 3.24. The second-order valence-electron chi connectivity index (χ2n) is 8.29. The molecule has 0 fully saturated rings. The highest BCUT2D eigenvalue weighted by atomic mass is 16.5. The van der Waals surface area contributed by atoms with Crippen LogP contribution in [0.3, 0.4) is 0 Å². The molecule has 0 saturated carbocycles. The fourth-order valence-electron chi connectivity index (χ4n) is 4.59. The van der Waals surface area contributed by atoms with Crippen LogP contribution in [0.25, 0.3) is 11.3 Å². The van der Waals surface area contributed by atoms with Crippen LogP contribution in [-0.4, -0.2) is 41.8 Å². The Hall–Kier alpha value is -4.39. The Morgan fingerprint density at radius 1 is 0.971 bits per heavy atom. The fourth-order valence-corrected chi connectivity index (χ4v) is 4.59. The third-order valence-electron chi connectivity index (χ3n) is 6.32. The van der Waals surface area contributed by atoms with E-state index in [1.807, 2.05) is 36.4 Å². The number of aromatic carboxylic acids is 1. The van der Waals surface area contributed by atoms with Gasteiger partial charge in [0.25, 0.3) is 0 Å². The lowest BCUT2D eigenvalue weighted by Gasteiger charge is -2.38. The molecule has 2 heterocycles. The van der Waals surface area contributed by atoms with Gasteiger partial charge in [0.2, 0.25) is 5.95 Å². The number of carbonyl (C=O) groups is 1. The Morgan fingerprint density at radius 2 is 1.74 bits per heavy atom. The topological polar surface area (TPSA) is 84.8 Å². The summed E-state index contributed by atoms with van der Waals surface area (Å²) in [6.45, 7) is 0.688. The van der Waals surface area contributed by atoms with Crippen LogP contribution in [-0.2, 0) is 6.42 Å². The van der Waals surface area contributed by atoms with Crippen molar-refractivity contribution >= 4 is 11.9 Å². The van der Waals surface area contributed by atoms with Gasteiger partial charge in [0.05, 0.1) is 26.0 Å². The van der Waals surface area contributed by atoms with Crippen molar-refractivity contribution < 1.29 is 19.4 Å². The van der Waals surface area contributed by atoms with Crippen molar-refractivity contribution in [2.45, 2.75) is 12.5 Å². The average Bonchev–Trinajstić information content (AvgIpc) is 2.92. The molecule has 0 spiro atoms. The Balaban J connectivity index is 1.64. The maximum atomic E-state index is 12.0. The second kappa shape index (κ2) is 9.46. The smallest absolute Gasteiger partial charge is 0.339 e. The number of benzene rings is 3. The van der Waals surface area contributed by atoms with Gasteiger partial charge in [-0.1, -0.05) is 36.4 Å². The molecule has 7 nitrogen and oxygen atoms in total. The first kappa shape index (κ1) is 22.4. The van der Waals surface area contributed by atoms with Gasteiger partial charge in [-0.05, 0) is 59.5 Å². The van der Waals surface area contributed by atoms with Gasteiger partial charge < -0.3 is 19.5 Å². The molecule has 7 heteroatoms. The van der Waals surface area contributed by atoms with E-state index in [0.717, 1.165) is 17.7 Å². The lowest BCUT2D eigenvalue weighted by molar-refractivity contribution is 0.0697. The number of hydrogen-bond donors (Lipinski definition) is 1. The van der Waals surface area contributed by atoms with E-state index < -0.39 is 5.97 Å². The van der Waals surface area contributed by atoms with E-state index in [1.54, 1.807) is 26.4 Å². The van der Waals surface area contributed by atoms with Gasteiger partial charge in [-0.2, -0.15) is 0 Å². The first-order chi connectivity index (χ1) is 17.1. The van der Waals surface area contributed by atoms with Gasteiger partial charge in [-0.3, -0.25) is 0 Å². The molecule has 5 rings (SSSR count). The second-order valence-corrected chi connectivity index (χ2v) is 8.29. The minimum Gasteiger partial charge on any atom is -0.497 e. The molecule has 176 valence electrons. The van der Waals surface area contributed by atoms with Gasteiger partial charge in [-0.25, -0.2) is 14.8 Å². The molecule has 35 heavy (non-hydrogen) atoms. The lowest BCUT2D eigenvalue weighted by Crippen LogP contribution is -2.37. The molecule has 1 atom stereocenters. The summed E-state index contributed by atoms with van der Waals surface area (Å²) in [5.41, 5.74) is 4.59. The highest BCUT2D eigenvalue weighted by molar-refractivity contribution is 5.94. The molecule has 4 aromatic rings. The zero-order valence-corrected chi connectivity index (χ0v) is 19.5. The predicted molar refractivity (Wildman–Crippen MR) is 133 cm³/mol.